The van der Waals surface area contributed by atoms with Crippen LogP contribution in [0.15, 0.2) is 98.1 Å². The van der Waals surface area contributed by atoms with Crippen LogP contribution in [0.2, 0.25) is 0 Å². The van der Waals surface area contributed by atoms with Gasteiger partial charge in [-0.25, -0.2) is 0 Å². The molecule has 0 N–H and O–H groups in total. The summed E-state index contributed by atoms with van der Waals surface area (Å²) in [5.74, 6) is -1.19. The summed E-state index contributed by atoms with van der Waals surface area (Å²) in [5, 5.41) is 9.49. The van der Waals surface area contributed by atoms with E-state index in [2.05, 4.69) is 111 Å². The molecule has 2 aromatic rings. The maximum atomic E-state index is 9.49. The maximum Gasteiger partial charge on any atom is 0.133 e. The van der Waals surface area contributed by atoms with E-state index in [1.807, 2.05) is 24.3 Å². The monoisotopic (exact) mass is 472 g/mol. The van der Waals surface area contributed by atoms with Crippen molar-refractivity contribution in [2.45, 2.75) is 19.0 Å². The van der Waals surface area contributed by atoms with Gasteiger partial charge < -0.3 is 31.3 Å². The van der Waals surface area contributed by atoms with Crippen LogP contribution in [-0.4, -0.2) is 57.2 Å². The zero-order valence-corrected chi connectivity index (χ0v) is 22.0. The Morgan fingerprint density at radius 1 is 0.758 bits per heavy atom. The third-order valence-electron chi connectivity index (χ3n) is 4.75. The molecule has 0 saturated carbocycles. The number of carbonyl (C=O) groups excluding carboxylic acids is 1. The van der Waals surface area contributed by atoms with E-state index in [1.54, 1.807) is 0 Å². The van der Waals surface area contributed by atoms with Crippen LogP contribution in [0, 0.1) is 0 Å². The molecule has 0 heterocycles. The summed E-state index contributed by atoms with van der Waals surface area (Å²) in [6.07, 6.45) is 4.02. The second kappa shape index (κ2) is 15.2. The highest BCUT2D eigenvalue weighted by molar-refractivity contribution is 5.82. The molecule has 33 heavy (non-hydrogen) atoms. The van der Waals surface area contributed by atoms with Crippen molar-refractivity contribution in [1.82, 2.24) is 0 Å². The fourth-order valence-corrected chi connectivity index (χ4v) is 3.10. The standard InChI is InChI=1S/2C12H18N.C4H6O2.ClH/c2*1-5-12(13(2,3)4)11-9-7-6-8-10-11;1-3(2)4(5)6;/h2*5-10,12H,1H2,2-4H3;1H2,2H3,(H,5,6);1H/q2*+1;;/p-2. The van der Waals surface area contributed by atoms with Gasteiger partial charge in [0, 0.05) is 11.1 Å². The Labute approximate surface area is 207 Å². The average molecular weight is 473 g/mol. The van der Waals surface area contributed by atoms with Crippen LogP contribution in [0.4, 0.5) is 0 Å². The highest BCUT2D eigenvalue weighted by Gasteiger charge is 2.22. The van der Waals surface area contributed by atoms with E-state index >= 15 is 0 Å². The summed E-state index contributed by atoms with van der Waals surface area (Å²) in [4.78, 5) is 9.49. The minimum atomic E-state index is -1.19. The number of rotatable bonds is 7. The van der Waals surface area contributed by atoms with Gasteiger partial charge in [-0.05, 0) is 24.6 Å². The van der Waals surface area contributed by atoms with E-state index in [4.69, 9.17) is 0 Å². The number of likely N-dealkylation sites (N-methyl/N-ethyl adjacent to an activating group) is 2. The van der Waals surface area contributed by atoms with Gasteiger partial charge >= 0.3 is 0 Å². The lowest BCUT2D eigenvalue weighted by Gasteiger charge is -2.32. The molecule has 2 atom stereocenters. The van der Waals surface area contributed by atoms with Crippen LogP contribution < -0.4 is 17.5 Å². The highest BCUT2D eigenvalue weighted by Crippen LogP contribution is 2.24. The van der Waals surface area contributed by atoms with E-state index in [9.17, 15) is 9.90 Å². The second-order valence-electron chi connectivity index (χ2n) is 9.48. The van der Waals surface area contributed by atoms with Crippen molar-refractivity contribution in [2.24, 2.45) is 0 Å². The third-order valence-corrected chi connectivity index (χ3v) is 4.75. The molecule has 0 saturated heterocycles. The van der Waals surface area contributed by atoms with Gasteiger partial charge in [-0.3, -0.25) is 0 Å². The van der Waals surface area contributed by atoms with Crippen molar-refractivity contribution in [1.29, 1.82) is 0 Å². The van der Waals surface area contributed by atoms with E-state index < -0.39 is 5.97 Å². The number of benzene rings is 2. The van der Waals surface area contributed by atoms with E-state index in [0.717, 1.165) is 8.97 Å². The van der Waals surface area contributed by atoms with Crippen LogP contribution in [0.25, 0.3) is 0 Å². The van der Waals surface area contributed by atoms with Crippen molar-refractivity contribution in [3.05, 3.63) is 109 Å². The van der Waals surface area contributed by atoms with Crippen molar-refractivity contribution >= 4 is 5.97 Å². The van der Waals surface area contributed by atoms with Crippen LogP contribution in [0.3, 0.4) is 0 Å². The van der Waals surface area contributed by atoms with E-state index in [0.29, 0.717) is 12.1 Å². The Morgan fingerprint density at radius 3 is 1.15 bits per heavy atom. The number of carboxylic acids is 1. The largest absolute Gasteiger partial charge is 1.00 e. The van der Waals surface area contributed by atoms with Crippen LogP contribution in [-0.2, 0) is 4.79 Å². The Morgan fingerprint density at radius 2 is 1.00 bits per heavy atom. The molecule has 0 spiro atoms. The summed E-state index contributed by atoms with van der Waals surface area (Å²) in [6, 6.07) is 21.7. The Kier molecular flexibility index (Phi) is 15.0. The summed E-state index contributed by atoms with van der Waals surface area (Å²) >= 11 is 0. The Hall–Kier alpha value is -2.66. The molecule has 0 aliphatic heterocycles. The molecule has 0 aliphatic carbocycles. The molecule has 182 valence electrons. The molecule has 2 rings (SSSR count). The van der Waals surface area contributed by atoms with Crippen LogP contribution in [0.5, 0.6) is 0 Å². The van der Waals surface area contributed by atoms with E-state index in [1.165, 1.54) is 18.1 Å². The average Bonchev–Trinajstić information content (AvgIpc) is 2.69. The minimum absolute atomic E-state index is 0. The maximum absolute atomic E-state index is 9.49. The first kappa shape index (κ1) is 32.5. The first-order valence-electron chi connectivity index (χ1n) is 10.6. The SMILES string of the molecule is C=C(C)C(=O)[O-].C=CC(c1ccccc1)[N+](C)(C)C.C=CC(c1ccccc1)[N+](C)(C)C.[Cl-]. The van der Waals surface area contributed by atoms with Gasteiger partial charge in [0.2, 0.25) is 0 Å². The molecular weight excluding hydrogens is 432 g/mol. The van der Waals surface area contributed by atoms with Gasteiger partial charge in [0.15, 0.2) is 0 Å². The summed E-state index contributed by atoms with van der Waals surface area (Å²) < 4.78 is 1.76. The van der Waals surface area contributed by atoms with Crippen molar-refractivity contribution in [3.8, 4) is 0 Å². The molecule has 5 heteroatoms. The summed E-state index contributed by atoms with van der Waals surface area (Å²) in [7, 11) is 13.1. The third kappa shape index (κ3) is 12.8. The molecule has 2 aromatic carbocycles. The highest BCUT2D eigenvalue weighted by atomic mass is 35.5. The van der Waals surface area contributed by atoms with Gasteiger partial charge in [-0.1, -0.05) is 80.4 Å². The lowest BCUT2D eigenvalue weighted by atomic mass is 10.1. The van der Waals surface area contributed by atoms with Gasteiger partial charge in [-0.15, -0.1) is 0 Å². The zero-order chi connectivity index (χ0) is 24.9. The summed E-state index contributed by atoms with van der Waals surface area (Å²) in [6.45, 7) is 12.3. The predicted octanol–water partition coefficient (Wildman–Crippen LogP) is 1.56. The van der Waals surface area contributed by atoms with Crippen molar-refractivity contribution in [3.63, 3.8) is 0 Å². The Bertz CT molecular complexity index is 777. The molecule has 0 amide bonds. The van der Waals surface area contributed by atoms with Gasteiger partial charge in [0.1, 0.15) is 12.1 Å². The first-order chi connectivity index (χ1) is 14.8. The molecule has 4 nitrogen and oxygen atoms in total. The van der Waals surface area contributed by atoms with Crippen molar-refractivity contribution in [2.75, 3.05) is 42.3 Å². The number of carbonyl (C=O) groups is 1. The number of hydrogen-bond donors (Lipinski definition) is 0. The van der Waals surface area contributed by atoms with Gasteiger partial charge in [0.25, 0.3) is 0 Å². The molecule has 0 fully saturated rings. The predicted molar refractivity (Wildman–Crippen MR) is 135 cm³/mol. The fourth-order valence-electron chi connectivity index (χ4n) is 3.10. The number of quaternary nitrogens is 2. The smallest absolute Gasteiger partial charge is 0.133 e. The van der Waals surface area contributed by atoms with Crippen LogP contribution >= 0.6 is 0 Å². The van der Waals surface area contributed by atoms with E-state index in [-0.39, 0.29) is 18.0 Å². The zero-order valence-electron chi connectivity index (χ0n) is 21.3. The number of halogens is 1. The lowest BCUT2D eigenvalue weighted by molar-refractivity contribution is -0.895. The Balaban J connectivity index is 0. The minimum Gasteiger partial charge on any atom is -1.00 e. The number of aliphatic carboxylic acids is 1. The number of nitrogens with zero attached hydrogens (tertiary/aromatic N) is 2. The normalized spacial score (nSPS) is 12.2. The molecule has 0 aliphatic rings. The number of hydrogen-bond acceptors (Lipinski definition) is 2. The molecule has 0 aromatic heterocycles. The topological polar surface area (TPSA) is 40.1 Å². The van der Waals surface area contributed by atoms with Gasteiger partial charge in [0.05, 0.1) is 48.3 Å². The molecular formula is C28H41ClN2O2. The molecule has 0 radical (unpaired) electrons. The van der Waals surface area contributed by atoms with Crippen LogP contribution in [0.1, 0.15) is 30.1 Å². The molecule has 2 unspecified atom stereocenters. The van der Waals surface area contributed by atoms with Gasteiger partial charge in [-0.2, -0.15) is 0 Å². The quantitative estimate of drug-likeness (QED) is 0.348. The fraction of sp³-hybridized carbons (Fsp3) is 0.321. The number of carboxylic acid groups (broad SMARTS) is 1. The van der Waals surface area contributed by atoms with Crippen molar-refractivity contribution < 1.29 is 31.3 Å². The molecule has 0 bridgehead atoms. The second-order valence-corrected chi connectivity index (χ2v) is 9.48. The lowest BCUT2D eigenvalue weighted by Crippen LogP contribution is -3.00. The first-order valence-corrected chi connectivity index (χ1v) is 10.6. The summed E-state index contributed by atoms with van der Waals surface area (Å²) in [5.41, 5.74) is 2.71.